The molecule has 0 bridgehead atoms. The molecule has 1 saturated heterocycles. The number of nitrogens with zero attached hydrogens (tertiary/aromatic N) is 5. The fourth-order valence-corrected chi connectivity index (χ4v) is 5.38. The van der Waals surface area contributed by atoms with Gasteiger partial charge in [0.2, 0.25) is 5.91 Å². The number of aromatic nitrogens is 4. The van der Waals surface area contributed by atoms with Gasteiger partial charge in [0, 0.05) is 36.4 Å². The van der Waals surface area contributed by atoms with E-state index in [0.29, 0.717) is 41.0 Å². The molecule has 1 amide bonds. The van der Waals surface area contributed by atoms with Crippen molar-refractivity contribution in [2.24, 2.45) is 0 Å². The third-order valence-corrected chi connectivity index (χ3v) is 7.47. The average molecular weight is 551 g/mol. The van der Waals surface area contributed by atoms with Crippen LogP contribution in [0.15, 0.2) is 30.3 Å². The number of anilines is 1. The molecule has 2 N–H and O–H groups in total. The van der Waals surface area contributed by atoms with E-state index in [2.05, 4.69) is 28.4 Å². The number of benzene rings is 1. The Balaban J connectivity index is 1.73. The first-order valence-electron chi connectivity index (χ1n) is 11.9. The van der Waals surface area contributed by atoms with Gasteiger partial charge in [0.05, 0.1) is 36.7 Å². The molecule has 5 rings (SSSR count). The zero-order valence-corrected chi connectivity index (χ0v) is 22.2. The predicted octanol–water partition coefficient (Wildman–Crippen LogP) is 4.10. The molecule has 1 fully saturated rings. The van der Waals surface area contributed by atoms with Crippen molar-refractivity contribution in [3.63, 3.8) is 0 Å². The SMILES string of the molecule is C=CC(=O)N1CCC(n2nc(C#Cc3c(F)c(OC)cc(OC)c3F)c3c(N)ncc(-c4nc(C)cs4)c32)C1. The molecule has 1 atom stereocenters. The Labute approximate surface area is 226 Å². The van der Waals surface area contributed by atoms with Crippen molar-refractivity contribution in [1.82, 2.24) is 24.6 Å². The maximum Gasteiger partial charge on any atom is 0.246 e. The average Bonchev–Trinajstić information content (AvgIpc) is 3.68. The van der Waals surface area contributed by atoms with Crippen LogP contribution in [0.1, 0.15) is 29.4 Å². The summed E-state index contributed by atoms with van der Waals surface area (Å²) in [6, 6.07) is 0.902. The second kappa shape index (κ2) is 10.3. The van der Waals surface area contributed by atoms with Gasteiger partial charge in [-0.3, -0.25) is 9.48 Å². The van der Waals surface area contributed by atoms with Gasteiger partial charge in [-0.2, -0.15) is 5.10 Å². The number of rotatable bonds is 5. The van der Waals surface area contributed by atoms with Crippen LogP contribution in [-0.2, 0) is 4.79 Å². The zero-order valence-electron chi connectivity index (χ0n) is 21.4. The van der Waals surface area contributed by atoms with E-state index in [9.17, 15) is 13.6 Å². The van der Waals surface area contributed by atoms with E-state index in [-0.39, 0.29) is 35.0 Å². The van der Waals surface area contributed by atoms with E-state index < -0.39 is 17.2 Å². The van der Waals surface area contributed by atoms with E-state index >= 15 is 0 Å². The van der Waals surface area contributed by atoms with Crippen LogP contribution in [0.2, 0.25) is 0 Å². The van der Waals surface area contributed by atoms with Crippen LogP contribution >= 0.6 is 11.3 Å². The molecule has 1 aliphatic rings. The lowest BCUT2D eigenvalue weighted by Gasteiger charge is -2.16. The second-order valence-corrected chi connectivity index (χ2v) is 9.69. The number of nitrogens with two attached hydrogens (primary N) is 1. The Bertz CT molecular complexity index is 1660. The Morgan fingerprint density at radius 1 is 1.26 bits per heavy atom. The summed E-state index contributed by atoms with van der Waals surface area (Å²) in [5.41, 5.74) is 8.13. The van der Waals surface area contributed by atoms with Crippen LogP contribution in [0.3, 0.4) is 0 Å². The number of likely N-dealkylation sites (tertiary alicyclic amines) is 1. The van der Waals surface area contributed by atoms with Gasteiger partial charge in [0.25, 0.3) is 0 Å². The summed E-state index contributed by atoms with van der Waals surface area (Å²) in [5.74, 6) is 2.97. The van der Waals surface area contributed by atoms with Crippen molar-refractivity contribution in [2.75, 3.05) is 33.0 Å². The highest BCUT2D eigenvalue weighted by molar-refractivity contribution is 7.13. The molecule has 1 aromatic carbocycles. The van der Waals surface area contributed by atoms with Crippen molar-refractivity contribution in [3.8, 4) is 33.9 Å². The smallest absolute Gasteiger partial charge is 0.246 e. The molecule has 9 nitrogen and oxygen atoms in total. The van der Waals surface area contributed by atoms with Crippen molar-refractivity contribution in [3.05, 3.63) is 58.9 Å². The van der Waals surface area contributed by atoms with Gasteiger partial charge in [-0.15, -0.1) is 11.3 Å². The van der Waals surface area contributed by atoms with E-state index in [1.165, 1.54) is 31.6 Å². The maximum absolute atomic E-state index is 15.0. The molecule has 4 heterocycles. The number of halogens is 2. The number of pyridine rings is 1. The summed E-state index contributed by atoms with van der Waals surface area (Å²) in [6.07, 6.45) is 3.52. The molecule has 0 saturated carbocycles. The van der Waals surface area contributed by atoms with Crippen LogP contribution < -0.4 is 15.2 Å². The van der Waals surface area contributed by atoms with E-state index in [0.717, 1.165) is 11.8 Å². The fraction of sp³-hybridized carbons (Fsp3) is 0.259. The van der Waals surface area contributed by atoms with Crippen molar-refractivity contribution >= 4 is 34.0 Å². The second-order valence-electron chi connectivity index (χ2n) is 8.83. The lowest BCUT2D eigenvalue weighted by Crippen LogP contribution is -2.27. The summed E-state index contributed by atoms with van der Waals surface area (Å²) in [7, 11) is 2.52. The largest absolute Gasteiger partial charge is 0.493 e. The maximum atomic E-state index is 15.0. The van der Waals surface area contributed by atoms with Gasteiger partial charge in [-0.25, -0.2) is 18.7 Å². The van der Waals surface area contributed by atoms with Crippen LogP contribution in [0.25, 0.3) is 21.5 Å². The number of amides is 1. The molecule has 39 heavy (non-hydrogen) atoms. The first kappa shape index (κ1) is 26.1. The summed E-state index contributed by atoms with van der Waals surface area (Å²) >= 11 is 1.44. The number of carbonyl (C=O) groups excluding carboxylic acids is 1. The summed E-state index contributed by atoms with van der Waals surface area (Å²) in [6.45, 7) is 6.37. The molecule has 200 valence electrons. The molecule has 3 aromatic heterocycles. The van der Waals surface area contributed by atoms with Gasteiger partial charge >= 0.3 is 0 Å². The van der Waals surface area contributed by atoms with Gasteiger partial charge in [0.15, 0.2) is 23.1 Å². The van der Waals surface area contributed by atoms with Crippen LogP contribution in [0.4, 0.5) is 14.6 Å². The van der Waals surface area contributed by atoms with Gasteiger partial charge in [-0.1, -0.05) is 12.5 Å². The minimum absolute atomic E-state index is 0.152. The monoisotopic (exact) mass is 550 g/mol. The van der Waals surface area contributed by atoms with Crippen LogP contribution in [-0.4, -0.2) is 57.9 Å². The minimum atomic E-state index is -0.966. The highest BCUT2D eigenvalue weighted by atomic mass is 32.1. The standard InChI is InChI=1S/C27H24F2N6O3S/c1-5-21(36)34-9-8-15(12-34)35-25-17(27-32-14(2)13-39-27)11-31-26(30)22(25)18(33-35)7-6-16-23(28)19(37-3)10-20(38-4)24(16)29/h5,10-11,13,15H,1,8-9,12H2,2-4H3,(H2,30,31). The molecular weight excluding hydrogens is 526 g/mol. The first-order chi connectivity index (χ1) is 18.8. The van der Waals surface area contributed by atoms with E-state index in [1.54, 1.807) is 15.8 Å². The Morgan fingerprint density at radius 2 is 1.97 bits per heavy atom. The van der Waals surface area contributed by atoms with Crippen molar-refractivity contribution < 1.29 is 23.0 Å². The van der Waals surface area contributed by atoms with Crippen LogP contribution in [0, 0.1) is 30.4 Å². The lowest BCUT2D eigenvalue weighted by molar-refractivity contribution is -0.125. The number of aryl methyl sites for hydroxylation is 1. The Hall–Kier alpha value is -4.50. The highest BCUT2D eigenvalue weighted by Gasteiger charge is 2.31. The topological polar surface area (TPSA) is 108 Å². The number of carbonyl (C=O) groups is 1. The normalized spacial score (nSPS) is 14.8. The summed E-state index contributed by atoms with van der Waals surface area (Å²) in [4.78, 5) is 22.9. The van der Waals surface area contributed by atoms with Crippen molar-refractivity contribution in [1.29, 1.82) is 0 Å². The zero-order chi connectivity index (χ0) is 27.8. The quantitative estimate of drug-likeness (QED) is 0.294. The molecule has 1 aliphatic heterocycles. The number of thiazole rings is 1. The third kappa shape index (κ3) is 4.55. The van der Waals surface area contributed by atoms with E-state index in [4.69, 9.17) is 20.3 Å². The van der Waals surface area contributed by atoms with Gasteiger partial charge < -0.3 is 20.1 Å². The lowest BCUT2D eigenvalue weighted by atomic mass is 10.1. The number of fused-ring (bicyclic) bond motifs is 1. The molecule has 0 aliphatic carbocycles. The summed E-state index contributed by atoms with van der Waals surface area (Å²) in [5, 5.41) is 7.78. The van der Waals surface area contributed by atoms with Crippen LogP contribution in [0.5, 0.6) is 11.5 Å². The number of hydrogen-bond acceptors (Lipinski definition) is 8. The Morgan fingerprint density at radius 3 is 2.59 bits per heavy atom. The summed E-state index contributed by atoms with van der Waals surface area (Å²) < 4.78 is 41.8. The predicted molar refractivity (Wildman–Crippen MR) is 144 cm³/mol. The molecule has 12 heteroatoms. The molecular formula is C27H24F2N6O3S. The minimum Gasteiger partial charge on any atom is -0.493 e. The first-order valence-corrected chi connectivity index (χ1v) is 12.8. The highest BCUT2D eigenvalue weighted by Crippen LogP contribution is 2.37. The molecule has 0 radical (unpaired) electrons. The molecule has 1 unspecified atom stereocenters. The number of hydrogen-bond donors (Lipinski definition) is 1. The third-order valence-electron chi connectivity index (χ3n) is 6.48. The van der Waals surface area contributed by atoms with Gasteiger partial charge in [0.1, 0.15) is 22.1 Å². The van der Waals surface area contributed by atoms with Gasteiger partial charge in [-0.05, 0) is 25.3 Å². The fourth-order valence-electron chi connectivity index (χ4n) is 4.57. The van der Waals surface area contributed by atoms with Crippen molar-refractivity contribution in [2.45, 2.75) is 19.4 Å². The number of methoxy groups -OCH3 is 2. The molecule has 0 spiro atoms. The van der Waals surface area contributed by atoms with E-state index in [1.807, 2.05) is 12.3 Å². The molecule has 4 aromatic rings. The number of nitrogen functional groups attached to an aromatic ring is 1. The Kier molecular flexibility index (Phi) is 6.93. The number of ether oxygens (including phenoxy) is 2.